The average molecular weight is 339 g/mol. The van der Waals surface area contributed by atoms with Crippen LogP contribution in [0.4, 0.5) is 11.5 Å². The summed E-state index contributed by atoms with van der Waals surface area (Å²) in [6.45, 7) is 0.325. The Morgan fingerprint density at radius 1 is 1.28 bits per heavy atom. The Morgan fingerprint density at radius 2 is 2.00 bits per heavy atom. The van der Waals surface area contributed by atoms with E-state index in [1.54, 1.807) is 23.2 Å². The van der Waals surface area contributed by atoms with Gasteiger partial charge in [-0.1, -0.05) is 12.1 Å². The van der Waals surface area contributed by atoms with Crippen LogP contribution in [0.2, 0.25) is 0 Å². The number of nitrogens with one attached hydrogen (secondary N) is 2. The summed E-state index contributed by atoms with van der Waals surface area (Å²) >= 11 is 0. The zero-order chi connectivity index (χ0) is 18.0. The molecule has 1 atom stereocenters. The van der Waals surface area contributed by atoms with Crippen molar-refractivity contribution >= 4 is 23.3 Å². The number of pyridine rings is 1. The van der Waals surface area contributed by atoms with Crippen molar-refractivity contribution in [2.24, 2.45) is 0 Å². The second kappa shape index (κ2) is 6.90. The predicted octanol–water partition coefficient (Wildman–Crippen LogP) is 1.46. The molecule has 2 amide bonds. The number of aromatic nitrogens is 1. The second-order valence-electron chi connectivity index (χ2n) is 6.27. The van der Waals surface area contributed by atoms with Crippen LogP contribution in [0.25, 0.3) is 0 Å². The molecular formula is C18H21N5O2. The lowest BCUT2D eigenvalue weighted by molar-refractivity contribution is -0.116. The molecule has 3 rings (SSSR count). The zero-order valence-corrected chi connectivity index (χ0v) is 14.5. The fourth-order valence-electron chi connectivity index (χ4n) is 2.82. The van der Waals surface area contributed by atoms with Crippen molar-refractivity contribution < 1.29 is 9.59 Å². The van der Waals surface area contributed by atoms with Gasteiger partial charge in [-0.05, 0) is 43.9 Å². The molecule has 130 valence electrons. The number of amides is 2. The highest BCUT2D eigenvalue weighted by atomic mass is 16.2. The molecule has 2 N–H and O–H groups in total. The highest BCUT2D eigenvalue weighted by Crippen LogP contribution is 2.30. The first-order chi connectivity index (χ1) is 12.0. The Hall–Kier alpha value is -2.93. The Bertz CT molecular complexity index is 788. The normalized spacial score (nSPS) is 16.4. The lowest BCUT2D eigenvalue weighted by atomic mass is 10.1. The molecule has 1 aromatic carbocycles. The van der Waals surface area contributed by atoms with Gasteiger partial charge in [0.1, 0.15) is 12.0 Å². The third-order valence-electron chi connectivity index (χ3n) is 3.99. The number of fused-ring (bicyclic) bond motifs is 1. The number of hydrogen-bond donors (Lipinski definition) is 2. The molecule has 2 aromatic rings. The number of anilines is 2. The van der Waals surface area contributed by atoms with Gasteiger partial charge in [0.15, 0.2) is 0 Å². The summed E-state index contributed by atoms with van der Waals surface area (Å²) in [5.74, 6) is 0.438. The van der Waals surface area contributed by atoms with Crippen molar-refractivity contribution in [3.05, 3.63) is 53.7 Å². The van der Waals surface area contributed by atoms with Crippen molar-refractivity contribution in [1.29, 1.82) is 0 Å². The Kier molecular flexibility index (Phi) is 4.67. The first-order valence-corrected chi connectivity index (χ1v) is 7.99. The van der Waals surface area contributed by atoms with Crippen LogP contribution in [0.3, 0.4) is 0 Å². The van der Waals surface area contributed by atoms with E-state index in [0.717, 1.165) is 11.3 Å². The van der Waals surface area contributed by atoms with Crippen LogP contribution in [0.1, 0.15) is 22.1 Å². The Balaban J connectivity index is 1.77. The number of hydrogen-bond acceptors (Lipinski definition) is 5. The van der Waals surface area contributed by atoms with Gasteiger partial charge in [-0.2, -0.15) is 0 Å². The van der Waals surface area contributed by atoms with E-state index in [0.29, 0.717) is 17.9 Å². The summed E-state index contributed by atoms with van der Waals surface area (Å²) in [4.78, 5) is 32.2. The third kappa shape index (κ3) is 3.61. The van der Waals surface area contributed by atoms with Crippen LogP contribution in [-0.4, -0.2) is 49.4 Å². The molecular weight excluding hydrogens is 318 g/mol. The molecule has 1 aliphatic rings. The maximum atomic E-state index is 12.3. The fraction of sp³-hybridized carbons (Fsp3) is 0.278. The van der Waals surface area contributed by atoms with E-state index < -0.39 is 0 Å². The van der Waals surface area contributed by atoms with Crippen LogP contribution >= 0.6 is 0 Å². The first kappa shape index (κ1) is 16.9. The lowest BCUT2D eigenvalue weighted by Crippen LogP contribution is -2.45. The summed E-state index contributed by atoms with van der Waals surface area (Å²) in [6.07, 6.45) is 1.37. The van der Waals surface area contributed by atoms with E-state index in [-0.39, 0.29) is 18.0 Å². The standard InChI is InChI=1S/C18H21N5O2/c1-22(2)11-15(24)20-13-8-6-12(7-9-13)16-21-18(25)14-5-4-10-19-17(14)23(16)3/h4-10,16H,11H2,1-3H3,(H,20,24)(H,21,25)/t16-/m0/s1. The van der Waals surface area contributed by atoms with Gasteiger partial charge in [0.05, 0.1) is 12.1 Å². The van der Waals surface area contributed by atoms with Crippen LogP contribution in [0, 0.1) is 0 Å². The average Bonchev–Trinajstić information content (AvgIpc) is 2.58. The monoisotopic (exact) mass is 339 g/mol. The SMILES string of the molecule is CN(C)CC(=O)Nc1ccc([C@H]2NC(=O)c3cccnc3N2C)cc1. The minimum absolute atomic E-state index is 0.0704. The fourth-order valence-corrected chi connectivity index (χ4v) is 2.82. The van der Waals surface area contributed by atoms with E-state index in [4.69, 9.17) is 0 Å². The van der Waals surface area contributed by atoms with Crippen LogP contribution in [0.15, 0.2) is 42.6 Å². The van der Waals surface area contributed by atoms with Gasteiger partial charge in [0, 0.05) is 18.9 Å². The highest BCUT2D eigenvalue weighted by molar-refractivity contribution is 6.01. The molecule has 0 fully saturated rings. The quantitative estimate of drug-likeness (QED) is 0.882. The van der Waals surface area contributed by atoms with E-state index in [1.807, 2.05) is 50.3 Å². The minimum Gasteiger partial charge on any atom is -0.335 e. The summed E-state index contributed by atoms with van der Waals surface area (Å²) < 4.78 is 0. The van der Waals surface area contributed by atoms with Crippen LogP contribution in [0.5, 0.6) is 0 Å². The zero-order valence-electron chi connectivity index (χ0n) is 14.5. The van der Waals surface area contributed by atoms with Gasteiger partial charge in [0.25, 0.3) is 5.91 Å². The molecule has 25 heavy (non-hydrogen) atoms. The first-order valence-electron chi connectivity index (χ1n) is 7.99. The van der Waals surface area contributed by atoms with Crippen molar-refractivity contribution in [1.82, 2.24) is 15.2 Å². The number of nitrogens with zero attached hydrogens (tertiary/aromatic N) is 3. The molecule has 0 bridgehead atoms. The number of carbonyl (C=O) groups excluding carboxylic acids is 2. The van der Waals surface area contributed by atoms with E-state index in [9.17, 15) is 9.59 Å². The highest BCUT2D eigenvalue weighted by Gasteiger charge is 2.30. The smallest absolute Gasteiger partial charge is 0.256 e. The molecule has 1 aliphatic heterocycles. The number of rotatable bonds is 4. The van der Waals surface area contributed by atoms with Gasteiger partial charge in [-0.15, -0.1) is 0 Å². The molecule has 0 saturated carbocycles. The number of carbonyl (C=O) groups is 2. The van der Waals surface area contributed by atoms with Crippen molar-refractivity contribution in [2.75, 3.05) is 37.9 Å². The molecule has 0 aliphatic carbocycles. The summed E-state index contributed by atoms with van der Waals surface area (Å²) in [5.41, 5.74) is 2.20. The largest absolute Gasteiger partial charge is 0.335 e. The molecule has 2 heterocycles. The number of benzene rings is 1. The van der Waals surface area contributed by atoms with Gasteiger partial charge >= 0.3 is 0 Å². The van der Waals surface area contributed by atoms with Gasteiger partial charge in [-0.3, -0.25) is 9.59 Å². The van der Waals surface area contributed by atoms with E-state index >= 15 is 0 Å². The Labute approximate surface area is 146 Å². The molecule has 0 spiro atoms. The van der Waals surface area contributed by atoms with Gasteiger partial charge < -0.3 is 20.4 Å². The maximum absolute atomic E-state index is 12.3. The minimum atomic E-state index is -0.304. The van der Waals surface area contributed by atoms with Crippen LogP contribution in [-0.2, 0) is 4.79 Å². The van der Waals surface area contributed by atoms with Crippen molar-refractivity contribution in [3.8, 4) is 0 Å². The molecule has 0 unspecified atom stereocenters. The van der Waals surface area contributed by atoms with Crippen molar-refractivity contribution in [3.63, 3.8) is 0 Å². The van der Waals surface area contributed by atoms with Crippen molar-refractivity contribution in [2.45, 2.75) is 6.17 Å². The van der Waals surface area contributed by atoms with E-state index in [1.165, 1.54) is 0 Å². The second-order valence-corrected chi connectivity index (χ2v) is 6.27. The number of likely N-dealkylation sites (N-methyl/N-ethyl adjacent to an activating group) is 1. The molecule has 0 radical (unpaired) electrons. The molecule has 7 nitrogen and oxygen atoms in total. The lowest BCUT2D eigenvalue weighted by Gasteiger charge is -2.35. The predicted molar refractivity (Wildman–Crippen MR) is 96.5 cm³/mol. The van der Waals surface area contributed by atoms with E-state index in [2.05, 4.69) is 15.6 Å². The van der Waals surface area contributed by atoms with Gasteiger partial charge in [0.2, 0.25) is 5.91 Å². The molecule has 7 heteroatoms. The summed E-state index contributed by atoms with van der Waals surface area (Å²) in [7, 11) is 5.58. The van der Waals surface area contributed by atoms with Gasteiger partial charge in [-0.25, -0.2) is 4.98 Å². The molecule has 0 saturated heterocycles. The Morgan fingerprint density at radius 3 is 2.68 bits per heavy atom. The molecule has 1 aromatic heterocycles. The summed E-state index contributed by atoms with van der Waals surface area (Å²) in [6, 6.07) is 10.9. The topological polar surface area (TPSA) is 77.6 Å². The third-order valence-corrected chi connectivity index (χ3v) is 3.99. The maximum Gasteiger partial charge on any atom is 0.256 e. The van der Waals surface area contributed by atoms with Crippen LogP contribution < -0.4 is 15.5 Å². The summed E-state index contributed by atoms with van der Waals surface area (Å²) in [5, 5.41) is 5.82.